The fraction of sp³-hybridized carbons (Fsp3) is 0.467. The molecule has 216 valence electrons. The molecule has 40 heavy (non-hydrogen) atoms. The predicted molar refractivity (Wildman–Crippen MR) is 148 cm³/mol. The zero-order valence-electron chi connectivity index (χ0n) is 23.7. The van der Waals surface area contributed by atoms with Gasteiger partial charge in [0.2, 0.25) is 0 Å². The van der Waals surface area contributed by atoms with Crippen LogP contribution in [0.1, 0.15) is 65.0 Å². The summed E-state index contributed by atoms with van der Waals surface area (Å²) in [6, 6.07) is 13.2. The molecule has 0 saturated heterocycles. The number of carboxylic acid groups (broad SMARTS) is 1. The van der Waals surface area contributed by atoms with Crippen molar-refractivity contribution < 1.29 is 38.5 Å². The second-order valence-electron chi connectivity index (χ2n) is 10.9. The molecule has 2 aromatic carbocycles. The molecule has 1 aliphatic rings. The highest BCUT2D eigenvalue weighted by atomic mass is 16.6. The van der Waals surface area contributed by atoms with E-state index in [-0.39, 0.29) is 18.4 Å². The minimum Gasteiger partial charge on any atom is -0.480 e. The van der Waals surface area contributed by atoms with E-state index in [9.17, 15) is 24.3 Å². The number of nitrogens with one attached hydrogen (secondary N) is 2. The van der Waals surface area contributed by atoms with E-state index in [1.165, 1.54) is 6.92 Å². The SMILES string of the molecule is CC[C@H](C)[C@H](NC(=O)OCC1c2ccccc2-c2ccccc21)C(=O)O[C@@H](C)[C@@H](NC(=O)OC(C)(C)C)C(=O)O. The Balaban J connectivity index is 1.65. The Morgan fingerprint density at radius 2 is 1.40 bits per heavy atom. The smallest absolute Gasteiger partial charge is 0.408 e. The van der Waals surface area contributed by atoms with Gasteiger partial charge >= 0.3 is 24.1 Å². The third-order valence-electron chi connectivity index (χ3n) is 6.79. The van der Waals surface area contributed by atoms with Crippen LogP contribution < -0.4 is 10.6 Å². The van der Waals surface area contributed by atoms with Crippen molar-refractivity contribution in [3.63, 3.8) is 0 Å². The minimum atomic E-state index is -1.56. The van der Waals surface area contributed by atoms with E-state index in [4.69, 9.17) is 14.2 Å². The zero-order valence-corrected chi connectivity index (χ0v) is 23.7. The lowest BCUT2D eigenvalue weighted by molar-refractivity contribution is -0.157. The van der Waals surface area contributed by atoms with E-state index in [0.717, 1.165) is 22.3 Å². The van der Waals surface area contributed by atoms with Crippen molar-refractivity contribution in [3.8, 4) is 11.1 Å². The summed E-state index contributed by atoms with van der Waals surface area (Å²) in [7, 11) is 0. The van der Waals surface area contributed by atoms with Crippen LogP contribution in [0.25, 0.3) is 11.1 Å². The van der Waals surface area contributed by atoms with Crippen LogP contribution in [0.2, 0.25) is 0 Å². The highest BCUT2D eigenvalue weighted by molar-refractivity contribution is 5.84. The molecule has 10 nitrogen and oxygen atoms in total. The van der Waals surface area contributed by atoms with Crippen LogP contribution in [0.4, 0.5) is 9.59 Å². The number of alkyl carbamates (subject to hydrolysis) is 2. The summed E-state index contributed by atoms with van der Waals surface area (Å²) in [6.45, 7) is 9.92. The second kappa shape index (κ2) is 12.8. The van der Waals surface area contributed by atoms with E-state index >= 15 is 0 Å². The fourth-order valence-corrected chi connectivity index (χ4v) is 4.58. The molecule has 0 saturated carbocycles. The standard InChI is InChI=1S/C30H38N2O8/c1-7-17(2)24(27(35)39-18(3)25(26(33)34)32-29(37)40-30(4,5)6)31-28(36)38-16-23-21-14-10-8-12-19(21)20-13-9-11-15-22(20)23/h8-15,17-18,23-25H,7,16H2,1-6H3,(H,31,36)(H,32,37)(H,33,34)/t17-,18-,24-,25+/m0/s1. The van der Waals surface area contributed by atoms with Crippen molar-refractivity contribution >= 4 is 24.1 Å². The van der Waals surface area contributed by atoms with Crippen LogP contribution in [0.5, 0.6) is 0 Å². The Hall–Kier alpha value is -4.08. The molecule has 0 unspecified atom stereocenters. The van der Waals surface area contributed by atoms with Crippen molar-refractivity contribution in [1.29, 1.82) is 0 Å². The first kappa shape index (κ1) is 30.5. The lowest BCUT2D eigenvalue weighted by Gasteiger charge is -2.28. The zero-order chi connectivity index (χ0) is 29.6. The number of rotatable bonds is 10. The van der Waals surface area contributed by atoms with Gasteiger partial charge in [0.25, 0.3) is 0 Å². The van der Waals surface area contributed by atoms with Crippen molar-refractivity contribution in [2.75, 3.05) is 6.61 Å². The number of hydrogen-bond donors (Lipinski definition) is 3. The van der Waals surface area contributed by atoms with Crippen LogP contribution in [0.15, 0.2) is 48.5 Å². The summed E-state index contributed by atoms with van der Waals surface area (Å²) in [6.07, 6.45) is -2.49. The molecule has 3 N–H and O–H groups in total. The summed E-state index contributed by atoms with van der Waals surface area (Å²) in [5.41, 5.74) is 3.45. The normalized spacial score (nSPS) is 15.4. The van der Waals surface area contributed by atoms with Gasteiger partial charge in [-0.2, -0.15) is 0 Å². The number of carbonyl (C=O) groups is 4. The highest BCUT2D eigenvalue weighted by Crippen LogP contribution is 2.44. The second-order valence-corrected chi connectivity index (χ2v) is 10.9. The Morgan fingerprint density at radius 3 is 1.90 bits per heavy atom. The van der Waals surface area contributed by atoms with Gasteiger partial charge in [-0.05, 0) is 55.9 Å². The van der Waals surface area contributed by atoms with E-state index in [2.05, 4.69) is 10.6 Å². The third-order valence-corrected chi connectivity index (χ3v) is 6.79. The van der Waals surface area contributed by atoms with Gasteiger partial charge in [-0.1, -0.05) is 68.8 Å². The summed E-state index contributed by atoms with van der Waals surface area (Å²) < 4.78 is 16.1. The van der Waals surface area contributed by atoms with Gasteiger partial charge < -0.3 is 30.0 Å². The number of carboxylic acids is 1. The average molecular weight is 555 g/mol. The first-order chi connectivity index (χ1) is 18.8. The molecule has 1 aliphatic carbocycles. The van der Waals surface area contributed by atoms with Crippen LogP contribution in [-0.2, 0) is 23.8 Å². The minimum absolute atomic E-state index is 0.0689. The summed E-state index contributed by atoms with van der Waals surface area (Å²) >= 11 is 0. The van der Waals surface area contributed by atoms with E-state index in [1.807, 2.05) is 55.5 Å². The summed E-state index contributed by atoms with van der Waals surface area (Å²) in [5, 5.41) is 14.4. The Kier molecular flexibility index (Phi) is 9.78. The third kappa shape index (κ3) is 7.52. The molecule has 2 amide bonds. The number of carbonyl (C=O) groups excluding carboxylic acids is 3. The van der Waals surface area contributed by atoms with Gasteiger partial charge in [0.15, 0.2) is 6.04 Å². The molecule has 0 spiro atoms. The van der Waals surface area contributed by atoms with E-state index < -0.39 is 47.9 Å². The molecule has 0 bridgehead atoms. The lowest BCUT2D eigenvalue weighted by atomic mass is 9.98. The average Bonchev–Trinajstić information content (AvgIpc) is 3.21. The lowest BCUT2D eigenvalue weighted by Crippen LogP contribution is -2.53. The molecule has 10 heteroatoms. The molecule has 0 fully saturated rings. The summed E-state index contributed by atoms with van der Waals surface area (Å²) in [5.74, 6) is -2.74. The van der Waals surface area contributed by atoms with Crippen LogP contribution in [0, 0.1) is 5.92 Å². The molecule has 0 aliphatic heterocycles. The molecule has 2 aromatic rings. The molecule has 4 atom stereocenters. The topological polar surface area (TPSA) is 140 Å². The largest absolute Gasteiger partial charge is 0.480 e. The first-order valence-electron chi connectivity index (χ1n) is 13.4. The van der Waals surface area contributed by atoms with Crippen LogP contribution >= 0.6 is 0 Å². The molecular formula is C30H38N2O8. The summed E-state index contributed by atoms with van der Waals surface area (Å²) in [4.78, 5) is 49.9. The number of ether oxygens (including phenoxy) is 3. The Labute approximate surface area is 234 Å². The number of benzene rings is 2. The maximum atomic E-state index is 13.1. The quantitative estimate of drug-likeness (QED) is 0.280. The molecule has 0 radical (unpaired) electrons. The van der Waals surface area contributed by atoms with Gasteiger partial charge in [0.05, 0.1) is 0 Å². The molecule has 0 aromatic heterocycles. The van der Waals surface area contributed by atoms with Crippen molar-refractivity contribution in [1.82, 2.24) is 10.6 Å². The van der Waals surface area contributed by atoms with Crippen molar-refractivity contribution in [3.05, 3.63) is 59.7 Å². The fourth-order valence-electron chi connectivity index (χ4n) is 4.58. The number of amides is 2. The Morgan fingerprint density at radius 1 is 0.875 bits per heavy atom. The predicted octanol–water partition coefficient (Wildman–Crippen LogP) is 4.85. The monoisotopic (exact) mass is 554 g/mol. The Bertz CT molecular complexity index is 1190. The number of aliphatic carboxylic acids is 1. The van der Waals surface area contributed by atoms with Gasteiger partial charge in [-0.25, -0.2) is 19.2 Å². The van der Waals surface area contributed by atoms with Gasteiger partial charge in [-0.3, -0.25) is 0 Å². The van der Waals surface area contributed by atoms with Crippen LogP contribution in [-0.4, -0.2) is 59.6 Å². The van der Waals surface area contributed by atoms with E-state index in [0.29, 0.717) is 6.42 Å². The van der Waals surface area contributed by atoms with Crippen molar-refractivity contribution in [2.45, 2.75) is 77.7 Å². The number of hydrogen-bond acceptors (Lipinski definition) is 7. The van der Waals surface area contributed by atoms with Crippen molar-refractivity contribution in [2.24, 2.45) is 5.92 Å². The maximum absolute atomic E-state index is 13.1. The number of esters is 1. The molecular weight excluding hydrogens is 516 g/mol. The highest BCUT2D eigenvalue weighted by Gasteiger charge is 2.36. The van der Waals surface area contributed by atoms with Gasteiger partial charge in [0, 0.05) is 5.92 Å². The van der Waals surface area contributed by atoms with Crippen LogP contribution in [0.3, 0.4) is 0 Å². The molecule has 3 rings (SSSR count). The van der Waals surface area contributed by atoms with E-state index in [1.54, 1.807) is 27.7 Å². The first-order valence-corrected chi connectivity index (χ1v) is 13.4. The number of fused-ring (bicyclic) bond motifs is 3. The van der Waals surface area contributed by atoms with Gasteiger partial charge in [-0.15, -0.1) is 0 Å². The maximum Gasteiger partial charge on any atom is 0.408 e. The van der Waals surface area contributed by atoms with Gasteiger partial charge in [0.1, 0.15) is 24.4 Å². The molecule has 0 heterocycles.